The minimum absolute atomic E-state index is 0.0556. The van der Waals surface area contributed by atoms with Crippen molar-refractivity contribution in [2.75, 3.05) is 0 Å². The number of carbonyl (C=O) groups is 1. The molecular weight excluding hydrogens is 173 g/mol. The summed E-state index contributed by atoms with van der Waals surface area (Å²) >= 11 is -0.812. The third-order valence-corrected chi connectivity index (χ3v) is 0.292. The van der Waals surface area contributed by atoms with E-state index in [2.05, 4.69) is 0 Å². The number of rotatable bonds is 2. The summed E-state index contributed by atoms with van der Waals surface area (Å²) in [6.07, 6.45) is -0.0556. The van der Waals surface area contributed by atoms with Crippen molar-refractivity contribution in [3.05, 3.63) is 6.54 Å². The van der Waals surface area contributed by atoms with Gasteiger partial charge in [-0.05, 0) is 0 Å². The van der Waals surface area contributed by atoms with Gasteiger partial charge < -0.3 is 10.8 Å². The number of hydrogen-bond donors (Lipinski definition) is 3. The molecule has 0 amide bonds. The zero-order valence-electron chi connectivity index (χ0n) is 4.41. The molecular formula is C3H7CoNO4-. The summed E-state index contributed by atoms with van der Waals surface area (Å²) in [6, 6.07) is 0. The second-order valence-corrected chi connectivity index (χ2v) is 1.08. The minimum atomic E-state index is -0.891. The monoisotopic (exact) mass is 180 g/mol. The quantitative estimate of drug-likeness (QED) is 0.468. The molecule has 0 aliphatic heterocycles. The molecule has 58 valence electrons. The summed E-state index contributed by atoms with van der Waals surface area (Å²) < 4.78 is 15.4. The molecule has 0 aromatic carbocycles. The molecule has 0 bridgehead atoms. The van der Waals surface area contributed by atoms with E-state index in [1.54, 1.807) is 0 Å². The zero-order chi connectivity index (χ0) is 7.70. The van der Waals surface area contributed by atoms with Gasteiger partial charge in [0.2, 0.25) is 0 Å². The fourth-order valence-corrected chi connectivity index (χ4v) is 0.101. The predicted molar refractivity (Wildman–Crippen MR) is 23.6 cm³/mol. The van der Waals surface area contributed by atoms with Gasteiger partial charge in [-0.25, -0.2) is 0 Å². The molecule has 0 aliphatic rings. The third-order valence-electron chi connectivity index (χ3n) is 0.292. The number of hydrogen-bond acceptors (Lipinski definition) is 3. The maximum atomic E-state index is 9.49. The van der Waals surface area contributed by atoms with Gasteiger partial charge in [-0.1, -0.05) is 6.42 Å². The summed E-state index contributed by atoms with van der Waals surface area (Å²) in [6.45, 7) is 1.10. The van der Waals surface area contributed by atoms with Crippen LogP contribution in [0.2, 0.25) is 0 Å². The zero-order valence-corrected chi connectivity index (χ0v) is 5.45. The first-order chi connectivity index (χ1) is 4.18. The summed E-state index contributed by atoms with van der Waals surface area (Å²) in [5, 5.41) is 7.80. The van der Waals surface area contributed by atoms with Crippen molar-refractivity contribution in [3.8, 4) is 0 Å². The van der Waals surface area contributed by atoms with Gasteiger partial charge in [-0.2, -0.15) is 0 Å². The van der Waals surface area contributed by atoms with E-state index in [1.807, 2.05) is 0 Å². The molecule has 0 saturated heterocycles. The van der Waals surface area contributed by atoms with E-state index < -0.39 is 20.9 Å². The number of carboxylic acids is 1. The Bertz CT molecular complexity index is 85.9. The SMILES string of the molecule is N[CH-]CC(=O)O.[O]=[Co][OH]. The Hall–Kier alpha value is -0.304. The summed E-state index contributed by atoms with van der Waals surface area (Å²) in [5.41, 5.74) is 4.72. The Labute approximate surface area is 58.4 Å². The fourth-order valence-electron chi connectivity index (χ4n) is 0.101. The van der Waals surface area contributed by atoms with Crippen LogP contribution in [0.25, 0.3) is 0 Å². The molecule has 0 aliphatic carbocycles. The van der Waals surface area contributed by atoms with E-state index in [-0.39, 0.29) is 6.42 Å². The third kappa shape index (κ3) is 34.3. The molecule has 0 heterocycles. The van der Waals surface area contributed by atoms with E-state index in [9.17, 15) is 4.79 Å². The van der Waals surface area contributed by atoms with E-state index in [0.29, 0.717) is 0 Å². The van der Waals surface area contributed by atoms with Gasteiger partial charge in [-0.3, -0.25) is 11.3 Å². The van der Waals surface area contributed by atoms with Crippen molar-refractivity contribution in [1.29, 1.82) is 0 Å². The second-order valence-electron chi connectivity index (χ2n) is 0.894. The van der Waals surface area contributed by atoms with Crippen LogP contribution in [0.5, 0.6) is 0 Å². The van der Waals surface area contributed by atoms with Crippen molar-refractivity contribution >= 4 is 5.97 Å². The molecule has 0 atom stereocenters. The molecule has 6 heteroatoms. The van der Waals surface area contributed by atoms with Crippen molar-refractivity contribution in [3.63, 3.8) is 0 Å². The van der Waals surface area contributed by atoms with Gasteiger partial charge in [0.15, 0.2) is 0 Å². The molecule has 0 fully saturated rings. The number of carboxylic acid groups (broad SMARTS) is 1. The first-order valence-corrected chi connectivity index (χ1v) is 2.70. The Morgan fingerprint density at radius 3 is 2.11 bits per heavy atom. The summed E-state index contributed by atoms with van der Waals surface area (Å²) in [5.74, 6) is -0.891. The van der Waals surface area contributed by atoms with Crippen LogP contribution in [0.1, 0.15) is 6.42 Å². The van der Waals surface area contributed by atoms with Gasteiger partial charge >= 0.3 is 23.0 Å². The van der Waals surface area contributed by atoms with E-state index in [4.69, 9.17) is 18.9 Å². The maximum absolute atomic E-state index is 9.49. The molecule has 0 saturated carbocycles. The second kappa shape index (κ2) is 10.6. The van der Waals surface area contributed by atoms with Gasteiger partial charge in [0.05, 0.1) is 0 Å². The van der Waals surface area contributed by atoms with Crippen LogP contribution in [-0.2, 0) is 23.6 Å². The molecule has 9 heavy (non-hydrogen) atoms. The molecule has 5 nitrogen and oxygen atoms in total. The van der Waals surface area contributed by atoms with Crippen molar-refractivity contribution in [2.24, 2.45) is 5.73 Å². The standard InChI is InChI=1S/C3H6NO2.Co.H2O.O/c4-2-1-3(5)6;;;/h2H,1,4H2,(H,5,6);;1H2;/q-1;+1;;/p-1. The van der Waals surface area contributed by atoms with Crippen LogP contribution >= 0.6 is 0 Å². The molecule has 0 rings (SSSR count). The van der Waals surface area contributed by atoms with Gasteiger partial charge in [0.1, 0.15) is 0 Å². The van der Waals surface area contributed by atoms with Crippen LogP contribution in [0, 0.1) is 6.54 Å². The van der Waals surface area contributed by atoms with Crippen LogP contribution in [0.15, 0.2) is 0 Å². The predicted octanol–water partition coefficient (Wildman–Crippen LogP) is -1.10. The van der Waals surface area contributed by atoms with Crippen LogP contribution < -0.4 is 5.73 Å². The molecule has 0 aromatic heterocycles. The van der Waals surface area contributed by atoms with E-state index in [1.165, 1.54) is 0 Å². The van der Waals surface area contributed by atoms with Crippen molar-refractivity contribution < 1.29 is 32.9 Å². The Morgan fingerprint density at radius 1 is 1.78 bits per heavy atom. The van der Waals surface area contributed by atoms with Crippen molar-refractivity contribution in [1.82, 2.24) is 0 Å². The van der Waals surface area contributed by atoms with E-state index in [0.717, 1.165) is 6.54 Å². The Morgan fingerprint density at radius 2 is 2.11 bits per heavy atom. The van der Waals surface area contributed by atoms with Crippen LogP contribution in [0.4, 0.5) is 0 Å². The molecule has 0 radical (unpaired) electrons. The molecule has 0 aromatic rings. The number of aliphatic carboxylic acids is 1. The Kier molecular flexibility index (Phi) is 13.6. The summed E-state index contributed by atoms with van der Waals surface area (Å²) in [4.78, 5) is 9.49. The molecule has 0 unspecified atom stereocenters. The van der Waals surface area contributed by atoms with Gasteiger partial charge in [-0.15, -0.1) is 0 Å². The average molecular weight is 180 g/mol. The normalized spacial score (nSPS) is 7.78. The first kappa shape index (κ1) is 11.5. The Balaban J connectivity index is 0. The fraction of sp³-hybridized carbons (Fsp3) is 0.333. The molecule has 0 spiro atoms. The first-order valence-electron chi connectivity index (χ1n) is 1.81. The van der Waals surface area contributed by atoms with Crippen molar-refractivity contribution in [2.45, 2.75) is 6.42 Å². The van der Waals surface area contributed by atoms with E-state index >= 15 is 0 Å². The van der Waals surface area contributed by atoms with Gasteiger partial charge in [0, 0.05) is 0 Å². The number of nitrogens with two attached hydrogens (primary N) is 1. The van der Waals surface area contributed by atoms with Gasteiger partial charge in [0.25, 0.3) is 5.97 Å². The van der Waals surface area contributed by atoms with Crippen LogP contribution in [0.3, 0.4) is 0 Å². The summed E-state index contributed by atoms with van der Waals surface area (Å²) in [7, 11) is 0. The van der Waals surface area contributed by atoms with Crippen LogP contribution in [-0.4, -0.2) is 15.3 Å². The molecule has 4 N–H and O–H groups in total. The topological polar surface area (TPSA) is 101 Å². The average Bonchev–Trinajstić information content (AvgIpc) is 1.67.